The van der Waals surface area contributed by atoms with Crippen LogP contribution in [0.3, 0.4) is 0 Å². The van der Waals surface area contributed by atoms with Gasteiger partial charge in [-0.3, -0.25) is 9.48 Å². The maximum absolute atomic E-state index is 12.2. The lowest BCUT2D eigenvalue weighted by Gasteiger charge is -2.05. The minimum Gasteiger partial charge on any atom is -0.352 e. The number of aromatic nitrogens is 4. The molecule has 0 spiro atoms. The summed E-state index contributed by atoms with van der Waals surface area (Å²) < 4.78 is 3.75. The first-order chi connectivity index (χ1) is 12.2. The van der Waals surface area contributed by atoms with Crippen molar-refractivity contribution >= 4 is 17.5 Å². The van der Waals surface area contributed by atoms with Crippen molar-refractivity contribution in [2.45, 2.75) is 25.9 Å². The third kappa shape index (κ3) is 4.93. The number of carbonyl (C=O) groups is 1. The van der Waals surface area contributed by atoms with Gasteiger partial charge in [0.1, 0.15) is 0 Å². The number of imidazole rings is 1. The molecule has 3 rings (SSSR count). The van der Waals surface area contributed by atoms with Crippen LogP contribution in [0.4, 0.5) is 0 Å². The highest BCUT2D eigenvalue weighted by Crippen LogP contribution is 2.16. The summed E-state index contributed by atoms with van der Waals surface area (Å²) in [4.78, 5) is 16.2. The van der Waals surface area contributed by atoms with Crippen LogP contribution in [0.5, 0.6) is 0 Å². The lowest BCUT2D eigenvalue weighted by Crippen LogP contribution is -2.24. The fraction of sp³-hybridized carbons (Fsp3) is 0.278. The molecule has 0 atom stereocenters. The quantitative estimate of drug-likeness (QED) is 0.630. The Morgan fingerprint density at radius 1 is 1.24 bits per heavy atom. The van der Waals surface area contributed by atoms with Crippen LogP contribution in [0, 0.1) is 0 Å². The zero-order valence-corrected chi connectivity index (χ0v) is 14.6. The molecule has 0 unspecified atom stereocenters. The number of rotatable bonds is 8. The van der Waals surface area contributed by atoms with E-state index in [2.05, 4.69) is 15.4 Å². The van der Waals surface area contributed by atoms with Crippen molar-refractivity contribution in [3.63, 3.8) is 0 Å². The predicted molar refractivity (Wildman–Crippen MR) is 96.6 cm³/mol. The molecule has 0 radical (unpaired) electrons. The Morgan fingerprint density at radius 2 is 2.12 bits per heavy atom. The summed E-state index contributed by atoms with van der Waals surface area (Å²) in [7, 11) is 0. The third-order valence-electron chi connectivity index (χ3n) is 3.87. The summed E-state index contributed by atoms with van der Waals surface area (Å²) in [6.07, 6.45) is 10.7. The highest BCUT2D eigenvalue weighted by molar-refractivity contribution is 6.31. The molecule has 1 aromatic carbocycles. The lowest BCUT2D eigenvalue weighted by atomic mass is 10.2. The molecule has 0 fully saturated rings. The van der Waals surface area contributed by atoms with E-state index in [4.69, 9.17) is 11.6 Å². The molecule has 0 aliphatic rings. The number of benzene rings is 1. The first kappa shape index (κ1) is 17.2. The minimum absolute atomic E-state index is 0.104. The molecule has 0 aliphatic carbocycles. The zero-order chi connectivity index (χ0) is 17.5. The fourth-order valence-electron chi connectivity index (χ4n) is 2.51. The fourth-order valence-corrected chi connectivity index (χ4v) is 2.71. The number of nitrogens with one attached hydrogen (secondary N) is 1. The molecule has 1 amide bonds. The molecule has 6 nitrogen and oxygen atoms in total. The largest absolute Gasteiger partial charge is 0.352 e. The molecule has 7 heteroatoms. The maximum atomic E-state index is 12.2. The second-order valence-corrected chi connectivity index (χ2v) is 6.19. The topological polar surface area (TPSA) is 64.7 Å². The summed E-state index contributed by atoms with van der Waals surface area (Å²) >= 11 is 6.15. The van der Waals surface area contributed by atoms with Crippen molar-refractivity contribution < 1.29 is 4.79 Å². The van der Waals surface area contributed by atoms with Crippen LogP contribution in [0.2, 0.25) is 5.02 Å². The molecule has 2 aromatic heterocycles. The van der Waals surface area contributed by atoms with Crippen LogP contribution in [-0.2, 0) is 13.1 Å². The van der Waals surface area contributed by atoms with Crippen molar-refractivity contribution in [2.75, 3.05) is 6.54 Å². The van der Waals surface area contributed by atoms with Crippen LogP contribution in [0.15, 0.2) is 55.4 Å². The summed E-state index contributed by atoms with van der Waals surface area (Å²) in [5, 5.41) is 7.86. The Bertz CT molecular complexity index is 813. The Balaban J connectivity index is 1.43. The van der Waals surface area contributed by atoms with Crippen molar-refractivity contribution in [2.24, 2.45) is 0 Å². The Labute approximate surface area is 151 Å². The Morgan fingerprint density at radius 3 is 2.92 bits per heavy atom. The standard InChI is InChI=1S/C18H20ClN5O/c19-17-6-2-1-5-15(17)12-24-13-16(11-22-24)18(25)21-7-3-4-9-23-10-8-20-14-23/h1-2,5-6,8,10-11,13-14H,3-4,7,9,12H2,(H,21,25). The van der Waals surface area contributed by atoms with E-state index in [-0.39, 0.29) is 5.91 Å². The van der Waals surface area contributed by atoms with Gasteiger partial charge in [-0.2, -0.15) is 5.10 Å². The van der Waals surface area contributed by atoms with Crippen LogP contribution >= 0.6 is 11.6 Å². The smallest absolute Gasteiger partial charge is 0.254 e. The van der Waals surface area contributed by atoms with Gasteiger partial charge in [-0.15, -0.1) is 0 Å². The third-order valence-corrected chi connectivity index (χ3v) is 4.24. The number of unbranched alkanes of at least 4 members (excludes halogenated alkanes) is 1. The second-order valence-electron chi connectivity index (χ2n) is 5.78. The molecule has 0 bridgehead atoms. The lowest BCUT2D eigenvalue weighted by molar-refractivity contribution is 0.0953. The summed E-state index contributed by atoms with van der Waals surface area (Å²) in [6.45, 7) is 2.09. The molecule has 0 aliphatic heterocycles. The molecule has 0 saturated heterocycles. The number of hydrogen-bond acceptors (Lipinski definition) is 3. The van der Waals surface area contributed by atoms with E-state index < -0.39 is 0 Å². The number of nitrogens with zero attached hydrogens (tertiary/aromatic N) is 4. The van der Waals surface area contributed by atoms with Crippen molar-refractivity contribution in [3.8, 4) is 0 Å². The monoisotopic (exact) mass is 357 g/mol. The van der Waals surface area contributed by atoms with E-state index in [9.17, 15) is 4.79 Å². The molecule has 130 valence electrons. The zero-order valence-electron chi connectivity index (χ0n) is 13.8. The number of halogens is 1. The summed E-state index contributed by atoms with van der Waals surface area (Å²) in [6, 6.07) is 7.62. The number of carbonyl (C=O) groups excluding carboxylic acids is 1. The number of aryl methyl sites for hydroxylation is 1. The molecule has 25 heavy (non-hydrogen) atoms. The van der Waals surface area contributed by atoms with Gasteiger partial charge in [-0.05, 0) is 24.5 Å². The molecule has 1 N–H and O–H groups in total. The predicted octanol–water partition coefficient (Wildman–Crippen LogP) is 2.99. The van der Waals surface area contributed by atoms with Gasteiger partial charge in [0.25, 0.3) is 5.91 Å². The van der Waals surface area contributed by atoms with E-state index in [0.29, 0.717) is 23.7 Å². The highest BCUT2D eigenvalue weighted by Gasteiger charge is 2.09. The van der Waals surface area contributed by atoms with Crippen LogP contribution in [0.1, 0.15) is 28.8 Å². The van der Waals surface area contributed by atoms with Crippen molar-refractivity contribution in [3.05, 3.63) is 71.5 Å². The SMILES string of the molecule is O=C(NCCCCn1ccnc1)c1cnn(Cc2ccccc2Cl)c1. The van der Waals surface area contributed by atoms with Gasteiger partial charge in [0.15, 0.2) is 0 Å². The average Bonchev–Trinajstić information content (AvgIpc) is 3.28. The van der Waals surface area contributed by atoms with Gasteiger partial charge >= 0.3 is 0 Å². The van der Waals surface area contributed by atoms with Crippen molar-refractivity contribution in [1.29, 1.82) is 0 Å². The van der Waals surface area contributed by atoms with Gasteiger partial charge in [-0.1, -0.05) is 29.8 Å². The van der Waals surface area contributed by atoms with E-state index >= 15 is 0 Å². The Kier molecular flexibility index (Phi) is 5.85. The molecule has 2 heterocycles. The van der Waals surface area contributed by atoms with E-state index in [0.717, 1.165) is 24.9 Å². The van der Waals surface area contributed by atoms with Gasteiger partial charge in [-0.25, -0.2) is 4.98 Å². The first-order valence-electron chi connectivity index (χ1n) is 8.22. The van der Waals surface area contributed by atoms with Crippen LogP contribution in [0.25, 0.3) is 0 Å². The average molecular weight is 358 g/mol. The number of hydrogen-bond donors (Lipinski definition) is 1. The van der Waals surface area contributed by atoms with Crippen LogP contribution in [-0.4, -0.2) is 31.8 Å². The van der Waals surface area contributed by atoms with Crippen molar-refractivity contribution in [1.82, 2.24) is 24.6 Å². The summed E-state index contributed by atoms with van der Waals surface area (Å²) in [5.74, 6) is -0.104. The second kappa shape index (κ2) is 8.48. The number of amides is 1. The summed E-state index contributed by atoms with van der Waals surface area (Å²) in [5.41, 5.74) is 1.53. The normalized spacial score (nSPS) is 10.8. The molecular weight excluding hydrogens is 338 g/mol. The van der Waals surface area contributed by atoms with Crippen LogP contribution < -0.4 is 5.32 Å². The first-order valence-corrected chi connectivity index (χ1v) is 8.60. The van der Waals surface area contributed by atoms with Gasteiger partial charge in [0, 0.05) is 36.7 Å². The van der Waals surface area contributed by atoms with E-state index in [1.807, 2.05) is 35.0 Å². The Hall–Kier alpha value is -2.60. The van der Waals surface area contributed by atoms with Gasteiger partial charge in [0.2, 0.25) is 0 Å². The maximum Gasteiger partial charge on any atom is 0.254 e. The van der Waals surface area contributed by atoms with Gasteiger partial charge < -0.3 is 9.88 Å². The molecule has 0 saturated carbocycles. The highest BCUT2D eigenvalue weighted by atomic mass is 35.5. The molecular formula is C18H20ClN5O. The molecule has 3 aromatic rings. The minimum atomic E-state index is -0.104. The van der Waals surface area contributed by atoms with Gasteiger partial charge in [0.05, 0.1) is 24.6 Å². The van der Waals surface area contributed by atoms with E-state index in [1.54, 1.807) is 29.6 Å². The van der Waals surface area contributed by atoms with E-state index in [1.165, 1.54) is 0 Å².